The molecule has 2 fully saturated rings. The third-order valence-electron chi connectivity index (χ3n) is 7.26. The third-order valence-corrected chi connectivity index (χ3v) is 7.26. The number of hydrogen-bond acceptors (Lipinski definition) is 5. The first-order valence-corrected chi connectivity index (χ1v) is 11.2. The largest absolute Gasteiger partial charge is 0.462 e. The summed E-state index contributed by atoms with van der Waals surface area (Å²) < 4.78 is 11.0. The number of esters is 2. The molecule has 0 aromatic carbocycles. The Morgan fingerprint density at radius 1 is 1.21 bits per heavy atom. The summed E-state index contributed by atoms with van der Waals surface area (Å²) in [5.74, 6) is 0.495. The van der Waals surface area contributed by atoms with Crippen LogP contribution < -0.4 is 0 Å². The highest BCUT2D eigenvalue weighted by atomic mass is 16.6. The van der Waals surface area contributed by atoms with Crippen molar-refractivity contribution in [1.82, 2.24) is 0 Å². The van der Waals surface area contributed by atoms with E-state index in [-0.39, 0.29) is 24.3 Å². The van der Waals surface area contributed by atoms with Gasteiger partial charge in [0.2, 0.25) is 6.10 Å². The molecule has 3 aliphatic rings. The Kier molecular flexibility index (Phi) is 6.26. The van der Waals surface area contributed by atoms with E-state index in [1.165, 1.54) is 6.42 Å². The standard InChI is InChI=1S/C24H36O5/c1-15(2)7-6-8-16(3)19-10-9-17-13-18(25)11-12-24(17,19)22(27)29-20-21(26)28-14-23(20,4)5/h13,15-16,19-20H,6-12,14H2,1-5H3/t16-,19-,20+,24-/m1/s1. The number of allylic oxidation sites excluding steroid dienone is 1. The molecular weight excluding hydrogens is 368 g/mol. The normalized spacial score (nSPS) is 32.0. The number of carbonyl (C=O) groups excluding carboxylic acids is 3. The van der Waals surface area contributed by atoms with Crippen molar-refractivity contribution < 1.29 is 23.9 Å². The molecule has 5 nitrogen and oxygen atoms in total. The molecule has 1 heterocycles. The van der Waals surface area contributed by atoms with Crippen LogP contribution in [-0.4, -0.2) is 30.4 Å². The average molecular weight is 405 g/mol. The van der Waals surface area contributed by atoms with Gasteiger partial charge in [-0.15, -0.1) is 0 Å². The quantitative estimate of drug-likeness (QED) is 0.579. The molecule has 0 radical (unpaired) electrons. The SMILES string of the molecule is CC(C)CCC[C@@H](C)[C@H]1CCC2=CC(=O)CC[C@@]21C(=O)O[C@H]1C(=O)OCC1(C)C. The highest BCUT2D eigenvalue weighted by Gasteiger charge is 2.58. The zero-order chi connectivity index (χ0) is 21.4. The number of rotatable bonds is 7. The molecule has 0 unspecified atom stereocenters. The summed E-state index contributed by atoms with van der Waals surface area (Å²) in [6, 6.07) is 0. The summed E-state index contributed by atoms with van der Waals surface area (Å²) in [5.41, 5.74) is -0.373. The maximum Gasteiger partial charge on any atom is 0.348 e. The zero-order valence-corrected chi connectivity index (χ0v) is 18.6. The van der Waals surface area contributed by atoms with Crippen LogP contribution in [-0.2, 0) is 23.9 Å². The molecule has 0 aromatic heterocycles. The summed E-state index contributed by atoms with van der Waals surface area (Å²) >= 11 is 0. The molecule has 0 amide bonds. The highest BCUT2D eigenvalue weighted by Crippen LogP contribution is 2.57. The number of ketones is 1. The van der Waals surface area contributed by atoms with Gasteiger partial charge < -0.3 is 9.47 Å². The first kappa shape index (κ1) is 22.0. The topological polar surface area (TPSA) is 69.7 Å². The summed E-state index contributed by atoms with van der Waals surface area (Å²) in [4.78, 5) is 37.9. The van der Waals surface area contributed by atoms with Crippen LogP contribution in [0.2, 0.25) is 0 Å². The Morgan fingerprint density at radius 3 is 2.55 bits per heavy atom. The van der Waals surface area contributed by atoms with Crippen LogP contribution in [0, 0.1) is 28.6 Å². The Morgan fingerprint density at radius 2 is 1.93 bits per heavy atom. The predicted molar refractivity (Wildman–Crippen MR) is 110 cm³/mol. The molecule has 162 valence electrons. The van der Waals surface area contributed by atoms with Gasteiger partial charge in [-0.3, -0.25) is 9.59 Å². The van der Waals surface area contributed by atoms with Gasteiger partial charge in [0.05, 0.1) is 5.41 Å². The van der Waals surface area contributed by atoms with Gasteiger partial charge in [0.1, 0.15) is 6.61 Å². The molecule has 1 aliphatic heterocycles. The summed E-state index contributed by atoms with van der Waals surface area (Å²) in [6.07, 6.45) is 6.72. The van der Waals surface area contributed by atoms with Crippen LogP contribution in [0.3, 0.4) is 0 Å². The van der Waals surface area contributed by atoms with Crippen molar-refractivity contribution in [2.75, 3.05) is 6.61 Å². The van der Waals surface area contributed by atoms with Crippen molar-refractivity contribution >= 4 is 17.7 Å². The van der Waals surface area contributed by atoms with E-state index in [1.54, 1.807) is 6.08 Å². The van der Waals surface area contributed by atoms with Crippen molar-refractivity contribution in [3.05, 3.63) is 11.6 Å². The predicted octanol–water partition coefficient (Wildman–Crippen LogP) is 4.63. The Balaban J connectivity index is 1.85. The van der Waals surface area contributed by atoms with E-state index >= 15 is 0 Å². The van der Waals surface area contributed by atoms with E-state index in [2.05, 4.69) is 20.8 Å². The van der Waals surface area contributed by atoms with Crippen molar-refractivity contribution in [3.8, 4) is 0 Å². The fourth-order valence-corrected chi connectivity index (χ4v) is 5.50. The second-order valence-electron chi connectivity index (χ2n) is 10.4. The van der Waals surface area contributed by atoms with Gasteiger partial charge in [0.15, 0.2) is 5.78 Å². The number of cyclic esters (lactones) is 1. The van der Waals surface area contributed by atoms with Crippen LogP contribution >= 0.6 is 0 Å². The molecule has 1 saturated carbocycles. The van der Waals surface area contributed by atoms with Gasteiger partial charge in [0.25, 0.3) is 0 Å². The molecule has 0 bridgehead atoms. The minimum atomic E-state index is -0.874. The average Bonchev–Trinajstić information content (AvgIpc) is 3.14. The minimum Gasteiger partial charge on any atom is -0.462 e. The molecule has 0 spiro atoms. The fourth-order valence-electron chi connectivity index (χ4n) is 5.50. The maximum atomic E-state index is 13.6. The number of ether oxygens (including phenoxy) is 2. The van der Waals surface area contributed by atoms with Crippen molar-refractivity contribution in [2.45, 2.75) is 85.7 Å². The molecule has 29 heavy (non-hydrogen) atoms. The van der Waals surface area contributed by atoms with Crippen molar-refractivity contribution in [3.63, 3.8) is 0 Å². The van der Waals surface area contributed by atoms with Gasteiger partial charge >= 0.3 is 11.9 Å². The van der Waals surface area contributed by atoms with Crippen LogP contribution in [0.5, 0.6) is 0 Å². The van der Waals surface area contributed by atoms with Crippen LogP contribution in [0.1, 0.15) is 79.6 Å². The first-order chi connectivity index (χ1) is 13.6. The molecule has 2 aliphatic carbocycles. The number of carbonyl (C=O) groups is 3. The van der Waals surface area contributed by atoms with E-state index < -0.39 is 22.9 Å². The number of fused-ring (bicyclic) bond motifs is 1. The molecule has 5 heteroatoms. The lowest BCUT2D eigenvalue weighted by atomic mass is 9.64. The van der Waals surface area contributed by atoms with E-state index in [0.717, 1.165) is 31.3 Å². The molecular formula is C24H36O5. The van der Waals surface area contributed by atoms with Gasteiger partial charge in [-0.2, -0.15) is 0 Å². The van der Waals surface area contributed by atoms with Gasteiger partial charge in [-0.1, -0.05) is 53.9 Å². The Labute approximate surface area is 174 Å². The Hall–Kier alpha value is -1.65. The summed E-state index contributed by atoms with van der Waals surface area (Å²) in [7, 11) is 0. The highest BCUT2D eigenvalue weighted by molar-refractivity contribution is 5.96. The lowest BCUT2D eigenvalue weighted by Gasteiger charge is -2.40. The molecule has 0 N–H and O–H groups in total. The van der Waals surface area contributed by atoms with Gasteiger partial charge in [-0.05, 0) is 48.7 Å². The second-order valence-corrected chi connectivity index (χ2v) is 10.4. The molecule has 1 saturated heterocycles. The minimum absolute atomic E-state index is 0.0946. The van der Waals surface area contributed by atoms with Crippen LogP contribution in [0.4, 0.5) is 0 Å². The summed E-state index contributed by atoms with van der Waals surface area (Å²) in [5, 5.41) is 0. The monoisotopic (exact) mass is 404 g/mol. The van der Waals surface area contributed by atoms with Gasteiger partial charge in [0, 0.05) is 11.8 Å². The lowest BCUT2D eigenvalue weighted by Crippen LogP contribution is -2.46. The molecule has 0 aromatic rings. The van der Waals surface area contributed by atoms with E-state index in [9.17, 15) is 14.4 Å². The molecule has 3 rings (SSSR count). The molecule has 4 atom stereocenters. The van der Waals surface area contributed by atoms with E-state index in [0.29, 0.717) is 24.7 Å². The first-order valence-electron chi connectivity index (χ1n) is 11.2. The van der Waals surface area contributed by atoms with E-state index in [4.69, 9.17) is 9.47 Å². The van der Waals surface area contributed by atoms with Crippen molar-refractivity contribution in [1.29, 1.82) is 0 Å². The Bertz CT molecular complexity index is 704. The maximum absolute atomic E-state index is 13.6. The third kappa shape index (κ3) is 4.15. The van der Waals surface area contributed by atoms with Gasteiger partial charge in [-0.25, -0.2) is 4.79 Å². The van der Waals surface area contributed by atoms with Crippen molar-refractivity contribution in [2.24, 2.45) is 28.6 Å². The van der Waals surface area contributed by atoms with Crippen LogP contribution in [0.25, 0.3) is 0 Å². The van der Waals surface area contributed by atoms with E-state index in [1.807, 2.05) is 13.8 Å². The lowest BCUT2D eigenvalue weighted by molar-refractivity contribution is -0.173. The smallest absolute Gasteiger partial charge is 0.348 e. The summed E-state index contributed by atoms with van der Waals surface area (Å²) in [6.45, 7) is 10.7. The van der Waals surface area contributed by atoms with Crippen LogP contribution in [0.15, 0.2) is 11.6 Å². The zero-order valence-electron chi connectivity index (χ0n) is 18.6. The second kappa shape index (κ2) is 8.23. The number of hydrogen-bond donors (Lipinski definition) is 0. The fraction of sp³-hybridized carbons (Fsp3) is 0.792.